The van der Waals surface area contributed by atoms with E-state index in [-0.39, 0.29) is 46.4 Å². The van der Waals surface area contributed by atoms with Crippen LogP contribution in [0.4, 0.5) is 22.1 Å². The molecule has 0 spiro atoms. The number of halogens is 2. The van der Waals surface area contributed by atoms with Gasteiger partial charge in [-0.3, -0.25) is 10.1 Å². The molecule has 11 nitrogen and oxygen atoms in total. The molecule has 2 aromatic heterocycles. The van der Waals surface area contributed by atoms with Crippen molar-refractivity contribution in [3.8, 4) is 17.2 Å². The molecule has 2 aromatic carbocycles. The van der Waals surface area contributed by atoms with Crippen molar-refractivity contribution in [1.82, 2.24) is 14.8 Å². The maximum Gasteiger partial charge on any atom is 0.324 e. The maximum atomic E-state index is 13.0. The molecule has 4 rings (SSSR count). The Hall–Kier alpha value is -4.16. The first-order chi connectivity index (χ1) is 20.3. The molecule has 0 saturated carbocycles. The lowest BCUT2D eigenvalue weighted by molar-refractivity contribution is -0.119. The summed E-state index contributed by atoms with van der Waals surface area (Å²) in [6.07, 6.45) is 4.19. The zero-order chi connectivity index (χ0) is 30.1. The van der Waals surface area contributed by atoms with Crippen LogP contribution in [-0.4, -0.2) is 45.5 Å². The lowest BCUT2D eigenvalue weighted by Crippen LogP contribution is -2.21. The largest absolute Gasteiger partial charge is 0.456 e. The van der Waals surface area contributed by atoms with Crippen LogP contribution >= 0.6 is 23.2 Å². The molecule has 0 aliphatic carbocycles. The Bertz CT molecular complexity index is 1540. The van der Waals surface area contributed by atoms with Crippen LogP contribution in [0.1, 0.15) is 31.0 Å². The van der Waals surface area contributed by atoms with Crippen molar-refractivity contribution in [3.63, 3.8) is 0 Å². The number of pyridine rings is 1. The first-order valence-electron chi connectivity index (χ1n) is 13.1. The van der Waals surface area contributed by atoms with Gasteiger partial charge < -0.3 is 25.2 Å². The zero-order valence-electron chi connectivity index (χ0n) is 23.0. The third kappa shape index (κ3) is 7.98. The number of urea groups is 1. The molecule has 0 aliphatic heterocycles. The summed E-state index contributed by atoms with van der Waals surface area (Å²) in [5.41, 5.74) is 2.59. The van der Waals surface area contributed by atoms with Gasteiger partial charge in [-0.05, 0) is 48.7 Å². The lowest BCUT2D eigenvalue weighted by atomic mass is 10.2. The van der Waals surface area contributed by atoms with Crippen molar-refractivity contribution in [3.05, 3.63) is 82.1 Å². The van der Waals surface area contributed by atoms with E-state index in [1.165, 1.54) is 19.4 Å². The molecule has 0 aliphatic rings. The number of carbonyl (C=O) groups excluding carboxylic acids is 2. The summed E-state index contributed by atoms with van der Waals surface area (Å²) in [7, 11) is 1.42. The molecule has 0 saturated heterocycles. The molecule has 4 N–H and O–H groups in total. The number of unbranched alkanes of at least 4 members (excludes halogenated alkanes) is 1. The van der Waals surface area contributed by atoms with Crippen LogP contribution in [0.15, 0.2) is 60.8 Å². The van der Waals surface area contributed by atoms with E-state index in [2.05, 4.69) is 33.0 Å². The molecule has 3 amide bonds. The zero-order valence-corrected chi connectivity index (χ0v) is 24.5. The van der Waals surface area contributed by atoms with Gasteiger partial charge >= 0.3 is 6.03 Å². The fourth-order valence-electron chi connectivity index (χ4n) is 3.90. The molecule has 2 heterocycles. The third-order valence-corrected chi connectivity index (χ3v) is 6.81. The minimum absolute atomic E-state index is 0.0709. The number of amides is 3. The van der Waals surface area contributed by atoms with E-state index in [1.807, 2.05) is 18.2 Å². The first-order valence-corrected chi connectivity index (χ1v) is 13.8. The van der Waals surface area contributed by atoms with Crippen molar-refractivity contribution in [2.45, 2.75) is 32.8 Å². The van der Waals surface area contributed by atoms with Gasteiger partial charge in [0.05, 0.1) is 28.7 Å². The van der Waals surface area contributed by atoms with Crippen LogP contribution in [0.2, 0.25) is 10.0 Å². The summed E-state index contributed by atoms with van der Waals surface area (Å²) in [5, 5.41) is 22.3. The number of nitrogens with one attached hydrogen (secondary N) is 3. The highest BCUT2D eigenvalue weighted by Gasteiger charge is 2.17. The highest BCUT2D eigenvalue weighted by atomic mass is 35.5. The Morgan fingerprint density at radius 3 is 2.50 bits per heavy atom. The molecule has 0 bridgehead atoms. The highest BCUT2D eigenvalue weighted by Crippen LogP contribution is 2.39. The molecule has 0 unspecified atom stereocenters. The van der Waals surface area contributed by atoms with Crippen molar-refractivity contribution in [1.29, 1.82) is 0 Å². The number of aliphatic hydroxyl groups excluding tert-OH is 1. The summed E-state index contributed by atoms with van der Waals surface area (Å²) in [5.74, 6) is 0.958. The lowest BCUT2D eigenvalue weighted by Gasteiger charge is -2.14. The van der Waals surface area contributed by atoms with E-state index < -0.39 is 6.03 Å². The molecule has 4 aromatic rings. The number of hydrogen-bond donors (Lipinski definition) is 4. The second kappa shape index (κ2) is 14.6. The average Bonchev–Trinajstić information content (AvgIpc) is 3.38. The number of aliphatic hydroxyl groups is 1. The van der Waals surface area contributed by atoms with Crippen LogP contribution in [0.5, 0.6) is 11.5 Å². The van der Waals surface area contributed by atoms with Crippen LogP contribution in [0.3, 0.4) is 0 Å². The molecule has 13 heteroatoms. The summed E-state index contributed by atoms with van der Waals surface area (Å²) >= 11 is 13.0. The van der Waals surface area contributed by atoms with Gasteiger partial charge in [0.15, 0.2) is 0 Å². The number of hydrogen-bond acceptors (Lipinski definition) is 7. The summed E-state index contributed by atoms with van der Waals surface area (Å²) in [4.78, 5) is 28.9. The van der Waals surface area contributed by atoms with Gasteiger partial charge in [-0.15, -0.1) is 0 Å². The number of ether oxygens (including phenoxy) is 2. The van der Waals surface area contributed by atoms with Crippen molar-refractivity contribution < 1.29 is 24.2 Å². The minimum Gasteiger partial charge on any atom is -0.456 e. The molecular formula is C29H30Cl2N6O5. The van der Waals surface area contributed by atoms with Crippen molar-refractivity contribution >= 4 is 52.5 Å². The van der Waals surface area contributed by atoms with Crippen LogP contribution < -0.4 is 20.7 Å². The first kappa shape index (κ1) is 30.8. The van der Waals surface area contributed by atoms with E-state index in [0.29, 0.717) is 11.6 Å². The number of methoxy groups -OCH3 is 1. The topological polar surface area (TPSA) is 140 Å². The van der Waals surface area contributed by atoms with Crippen molar-refractivity contribution in [2.75, 3.05) is 29.7 Å². The number of anilines is 3. The van der Waals surface area contributed by atoms with Gasteiger partial charge in [0.2, 0.25) is 0 Å². The van der Waals surface area contributed by atoms with Gasteiger partial charge in [0, 0.05) is 25.4 Å². The Balaban J connectivity index is 1.48. The van der Waals surface area contributed by atoms with E-state index >= 15 is 0 Å². The number of aryl methyl sites for hydroxylation is 1. The molecule has 42 heavy (non-hydrogen) atoms. The minimum atomic E-state index is -0.553. The summed E-state index contributed by atoms with van der Waals surface area (Å²) < 4.78 is 12.3. The maximum absolute atomic E-state index is 13.0. The number of benzene rings is 2. The van der Waals surface area contributed by atoms with Gasteiger partial charge in [-0.1, -0.05) is 48.7 Å². The predicted octanol–water partition coefficient (Wildman–Crippen LogP) is 6.43. The molecule has 0 radical (unpaired) electrons. The molecular weight excluding hydrogens is 583 g/mol. The fraction of sp³-hybridized carbons (Fsp3) is 0.241. The summed E-state index contributed by atoms with van der Waals surface area (Å²) in [6, 6.07) is 14.7. The Kier molecular flexibility index (Phi) is 10.7. The number of aromatic nitrogens is 3. The smallest absolute Gasteiger partial charge is 0.324 e. The Morgan fingerprint density at radius 1 is 1.00 bits per heavy atom. The van der Waals surface area contributed by atoms with E-state index in [9.17, 15) is 14.7 Å². The van der Waals surface area contributed by atoms with Gasteiger partial charge in [-0.2, -0.15) is 5.10 Å². The second-order valence-electron chi connectivity index (χ2n) is 9.14. The van der Waals surface area contributed by atoms with Gasteiger partial charge in [-0.25, -0.2) is 14.5 Å². The fourth-order valence-corrected chi connectivity index (χ4v) is 4.30. The standard InChI is InChI=1S/C29H30Cl2N6O5/c1-3-4-5-19-14-25(37(36-19)20-8-6-18(16-38)7-9-20)35-29(40)33-22-10-11-23(28(31)27(22)30)42-21-12-13-32-24(15-21)34-26(39)17-41-2/h6-15,38H,3-5,16-17H2,1-2H3,(H,32,34,39)(H2,33,35,40). The van der Waals surface area contributed by atoms with E-state index in [0.717, 1.165) is 36.2 Å². The van der Waals surface area contributed by atoms with E-state index in [1.54, 1.807) is 35.0 Å². The summed E-state index contributed by atoms with van der Waals surface area (Å²) in [6.45, 7) is 1.91. The average molecular weight is 614 g/mol. The van der Waals surface area contributed by atoms with Crippen LogP contribution in [0, 0.1) is 0 Å². The highest BCUT2D eigenvalue weighted by molar-refractivity contribution is 6.45. The van der Waals surface area contributed by atoms with Crippen molar-refractivity contribution in [2.24, 2.45) is 0 Å². The SMILES string of the molecule is CCCCc1cc(NC(=O)Nc2ccc(Oc3ccnc(NC(=O)COC)c3)c(Cl)c2Cl)n(-c2ccc(CO)cc2)n1. The monoisotopic (exact) mass is 612 g/mol. The van der Waals surface area contributed by atoms with E-state index in [4.69, 9.17) is 32.7 Å². The molecule has 220 valence electrons. The number of rotatable bonds is 12. The normalized spacial score (nSPS) is 10.8. The van der Waals surface area contributed by atoms with Crippen LogP contribution in [0.25, 0.3) is 5.69 Å². The van der Waals surface area contributed by atoms with Gasteiger partial charge in [0.1, 0.15) is 34.8 Å². The Labute approximate surface area is 252 Å². The molecule has 0 atom stereocenters. The Morgan fingerprint density at radius 2 is 1.79 bits per heavy atom. The number of carbonyl (C=O) groups is 2. The van der Waals surface area contributed by atoms with Crippen LogP contribution in [-0.2, 0) is 22.6 Å². The quantitative estimate of drug-likeness (QED) is 0.144. The second-order valence-corrected chi connectivity index (χ2v) is 9.90. The van der Waals surface area contributed by atoms with Gasteiger partial charge in [0.25, 0.3) is 5.91 Å². The number of nitrogens with zero attached hydrogens (tertiary/aromatic N) is 3. The third-order valence-electron chi connectivity index (χ3n) is 5.95. The predicted molar refractivity (Wildman–Crippen MR) is 162 cm³/mol. The molecule has 0 fully saturated rings.